The highest BCUT2D eigenvalue weighted by molar-refractivity contribution is 5.94. The Morgan fingerprint density at radius 2 is 2.00 bits per heavy atom. The molecule has 1 saturated carbocycles. The highest BCUT2D eigenvalue weighted by atomic mass is 16.7. The maximum Gasteiger partial charge on any atom is 0.338 e. The number of amides is 1. The Labute approximate surface area is 139 Å². The fraction of sp³-hybridized carbons (Fsp3) is 0.278. The number of aromatic nitrogens is 1. The number of hydrogen-bond acceptors (Lipinski definition) is 5. The van der Waals surface area contributed by atoms with Crippen LogP contribution in [0.25, 0.3) is 11.3 Å². The van der Waals surface area contributed by atoms with E-state index in [-0.39, 0.29) is 0 Å². The lowest BCUT2D eigenvalue weighted by Gasteiger charge is -2.09. The van der Waals surface area contributed by atoms with Gasteiger partial charge < -0.3 is 9.57 Å². The molecule has 0 radical (unpaired) electrons. The first-order valence-electron chi connectivity index (χ1n) is 7.64. The smallest absolute Gasteiger partial charge is 0.338 e. The summed E-state index contributed by atoms with van der Waals surface area (Å²) in [5.41, 5.74) is 3.65. The number of carbonyl (C=O) groups excluding carboxylic acids is 2. The highest BCUT2D eigenvalue weighted by Crippen LogP contribution is 2.45. The van der Waals surface area contributed by atoms with Gasteiger partial charge in [0.15, 0.2) is 0 Å². The van der Waals surface area contributed by atoms with Gasteiger partial charge in [0.05, 0.1) is 23.8 Å². The maximum atomic E-state index is 12.0. The second-order valence-electron chi connectivity index (χ2n) is 6.05. The van der Waals surface area contributed by atoms with E-state index in [1.807, 2.05) is 31.2 Å². The molecule has 2 aromatic rings. The topological polar surface area (TPSA) is 77.5 Å². The molecule has 0 aliphatic heterocycles. The lowest BCUT2D eigenvalue weighted by Crippen LogP contribution is -2.30. The Morgan fingerprint density at radius 1 is 1.21 bits per heavy atom. The van der Waals surface area contributed by atoms with Crippen molar-refractivity contribution in [2.45, 2.75) is 19.8 Å². The third-order valence-corrected chi connectivity index (χ3v) is 4.12. The quantitative estimate of drug-likeness (QED) is 0.874. The summed E-state index contributed by atoms with van der Waals surface area (Å²) < 4.78 is 5.18. The lowest BCUT2D eigenvalue weighted by atomic mass is 10.1. The first-order valence-corrected chi connectivity index (χ1v) is 7.64. The van der Waals surface area contributed by atoms with Gasteiger partial charge in [0.25, 0.3) is 5.91 Å². The van der Waals surface area contributed by atoms with Crippen LogP contribution in [-0.4, -0.2) is 24.0 Å². The van der Waals surface area contributed by atoms with E-state index < -0.39 is 17.3 Å². The van der Waals surface area contributed by atoms with Crippen molar-refractivity contribution in [2.75, 3.05) is 7.11 Å². The third kappa shape index (κ3) is 3.37. The van der Waals surface area contributed by atoms with Crippen LogP contribution in [0.3, 0.4) is 0 Å². The fourth-order valence-corrected chi connectivity index (χ4v) is 2.15. The van der Waals surface area contributed by atoms with Gasteiger partial charge in [-0.25, -0.2) is 4.79 Å². The van der Waals surface area contributed by atoms with Gasteiger partial charge in [0, 0.05) is 11.8 Å². The van der Waals surface area contributed by atoms with Crippen LogP contribution < -0.4 is 10.2 Å². The van der Waals surface area contributed by atoms with Crippen LogP contribution in [0.5, 0.6) is 5.75 Å². The van der Waals surface area contributed by atoms with E-state index in [4.69, 9.17) is 9.57 Å². The number of nitrogens with zero attached hydrogens (tertiary/aromatic N) is 1. The van der Waals surface area contributed by atoms with Gasteiger partial charge in [0.2, 0.25) is 0 Å². The Hall–Kier alpha value is -2.89. The van der Waals surface area contributed by atoms with Crippen molar-refractivity contribution in [3.63, 3.8) is 0 Å². The van der Waals surface area contributed by atoms with Gasteiger partial charge in [-0.15, -0.1) is 0 Å². The van der Waals surface area contributed by atoms with E-state index in [0.29, 0.717) is 11.3 Å². The van der Waals surface area contributed by atoms with Gasteiger partial charge in [-0.1, -0.05) is 12.1 Å². The number of hydrogen-bond donors (Lipinski definition) is 1. The van der Waals surface area contributed by atoms with Crippen molar-refractivity contribution < 1.29 is 19.2 Å². The van der Waals surface area contributed by atoms with Crippen LogP contribution >= 0.6 is 0 Å². The molecule has 6 heteroatoms. The van der Waals surface area contributed by atoms with Crippen molar-refractivity contribution in [3.05, 3.63) is 48.2 Å². The summed E-state index contributed by atoms with van der Waals surface area (Å²) >= 11 is 0. The minimum absolute atomic E-state index is 0.315. The summed E-state index contributed by atoms with van der Waals surface area (Å²) in [5.74, 6) is -0.175. The number of rotatable bonds is 4. The van der Waals surface area contributed by atoms with E-state index in [0.717, 1.165) is 24.2 Å². The summed E-state index contributed by atoms with van der Waals surface area (Å²) in [6.07, 6.45) is 3.02. The second-order valence-corrected chi connectivity index (χ2v) is 6.05. The number of methoxy groups -OCH3 is 1. The van der Waals surface area contributed by atoms with Gasteiger partial charge in [-0.3, -0.25) is 9.78 Å². The van der Waals surface area contributed by atoms with E-state index in [1.165, 1.54) is 6.20 Å². The van der Waals surface area contributed by atoms with Crippen LogP contribution in [0.15, 0.2) is 42.6 Å². The van der Waals surface area contributed by atoms with Crippen LogP contribution in [0.1, 0.15) is 30.1 Å². The molecule has 124 valence electrons. The first kappa shape index (κ1) is 16.0. The zero-order valence-corrected chi connectivity index (χ0v) is 13.5. The molecule has 1 fully saturated rings. The number of nitrogens with one attached hydrogen (secondary N) is 1. The summed E-state index contributed by atoms with van der Waals surface area (Å²) in [6, 6.07) is 10.8. The molecular formula is C18H18N2O4. The van der Waals surface area contributed by atoms with Crippen molar-refractivity contribution in [1.29, 1.82) is 0 Å². The van der Waals surface area contributed by atoms with Gasteiger partial charge in [0.1, 0.15) is 5.75 Å². The van der Waals surface area contributed by atoms with Crippen molar-refractivity contribution in [2.24, 2.45) is 5.41 Å². The molecule has 1 amide bonds. The molecule has 1 aliphatic carbocycles. The molecule has 1 heterocycles. The molecule has 0 bridgehead atoms. The number of hydroxylamine groups is 1. The van der Waals surface area contributed by atoms with E-state index >= 15 is 0 Å². The largest absolute Gasteiger partial charge is 0.497 e. The van der Waals surface area contributed by atoms with Crippen molar-refractivity contribution in [3.8, 4) is 17.0 Å². The molecule has 1 N–H and O–H groups in total. The minimum Gasteiger partial charge on any atom is -0.497 e. The summed E-state index contributed by atoms with van der Waals surface area (Å²) in [6.45, 7) is 1.81. The molecule has 24 heavy (non-hydrogen) atoms. The summed E-state index contributed by atoms with van der Waals surface area (Å²) in [7, 11) is 1.60. The summed E-state index contributed by atoms with van der Waals surface area (Å²) in [4.78, 5) is 32.8. The lowest BCUT2D eigenvalue weighted by molar-refractivity contribution is -0.155. The maximum absolute atomic E-state index is 12.0. The number of ether oxygens (including phenoxy) is 1. The van der Waals surface area contributed by atoms with Crippen LogP contribution in [0.4, 0.5) is 0 Å². The number of benzene rings is 1. The zero-order valence-electron chi connectivity index (χ0n) is 13.5. The molecular weight excluding hydrogens is 308 g/mol. The molecule has 1 aromatic carbocycles. The SMILES string of the molecule is COc1cccc(-c2ccc(C(=O)NOC(=O)C3(C)CC3)cn2)c1. The first-order chi connectivity index (χ1) is 11.5. The predicted molar refractivity (Wildman–Crippen MR) is 87.1 cm³/mol. The minimum atomic E-state index is -0.503. The van der Waals surface area contributed by atoms with Gasteiger partial charge >= 0.3 is 5.97 Å². The Balaban J connectivity index is 1.65. The molecule has 0 saturated heterocycles. The molecule has 0 spiro atoms. The molecule has 6 nitrogen and oxygen atoms in total. The van der Waals surface area contributed by atoms with Crippen molar-refractivity contribution in [1.82, 2.24) is 10.5 Å². The number of carbonyl (C=O) groups is 2. The Bertz CT molecular complexity index is 767. The second kappa shape index (κ2) is 6.31. The van der Waals surface area contributed by atoms with Crippen LogP contribution in [-0.2, 0) is 9.63 Å². The molecule has 0 atom stereocenters. The average Bonchev–Trinajstić information content (AvgIpc) is 3.38. The standard InChI is InChI=1S/C18H18N2O4/c1-18(8-9-18)17(22)24-20-16(21)13-6-7-15(19-11-13)12-4-3-5-14(10-12)23-2/h3-7,10-11H,8-9H2,1-2H3,(H,20,21). The predicted octanol–water partition coefficient (Wildman–Crippen LogP) is 2.75. The third-order valence-electron chi connectivity index (χ3n) is 4.12. The summed E-state index contributed by atoms with van der Waals surface area (Å²) in [5, 5.41) is 0. The molecule has 1 aliphatic rings. The van der Waals surface area contributed by atoms with Gasteiger partial charge in [-0.05, 0) is 44.0 Å². The Morgan fingerprint density at radius 3 is 2.62 bits per heavy atom. The Kier molecular flexibility index (Phi) is 4.20. The normalized spacial score (nSPS) is 14.6. The zero-order chi connectivity index (χ0) is 17.2. The molecule has 1 aromatic heterocycles. The number of pyridine rings is 1. The van der Waals surface area contributed by atoms with E-state index in [9.17, 15) is 9.59 Å². The van der Waals surface area contributed by atoms with Gasteiger partial charge in [-0.2, -0.15) is 5.48 Å². The highest BCUT2D eigenvalue weighted by Gasteiger charge is 2.47. The molecule has 0 unspecified atom stereocenters. The van der Waals surface area contributed by atoms with Crippen LogP contribution in [0.2, 0.25) is 0 Å². The van der Waals surface area contributed by atoms with Crippen LogP contribution in [0, 0.1) is 5.41 Å². The average molecular weight is 326 g/mol. The van der Waals surface area contributed by atoms with E-state index in [1.54, 1.807) is 19.2 Å². The monoisotopic (exact) mass is 326 g/mol. The van der Waals surface area contributed by atoms with Crippen molar-refractivity contribution >= 4 is 11.9 Å². The molecule has 3 rings (SSSR count). The fourth-order valence-electron chi connectivity index (χ4n) is 2.15. The van der Waals surface area contributed by atoms with E-state index in [2.05, 4.69) is 10.5 Å².